The number of nitrogens with one attached hydrogen (secondary N) is 1. The molecule has 0 saturated carbocycles. The number of aromatic nitrogens is 2. The molecular weight excluding hydrogens is 178 g/mol. The van der Waals surface area contributed by atoms with Crippen LogP contribution in [0.3, 0.4) is 0 Å². The second-order valence-electron chi connectivity index (χ2n) is 4.13. The number of hydrogen-bond donors (Lipinski definition) is 2. The van der Waals surface area contributed by atoms with Crippen molar-refractivity contribution >= 4 is 0 Å². The molecule has 1 fully saturated rings. The monoisotopic (exact) mass is 195 g/mol. The highest BCUT2D eigenvalue weighted by atomic mass is 16.3. The summed E-state index contributed by atoms with van der Waals surface area (Å²) in [6, 6.07) is 1.96. The fraction of sp³-hybridized carbons (Fsp3) is 0.700. The molecule has 0 radical (unpaired) electrons. The molecule has 1 aromatic heterocycles. The molecule has 4 heteroatoms. The molecule has 1 aliphatic rings. The fourth-order valence-electron chi connectivity index (χ4n) is 2.01. The van der Waals surface area contributed by atoms with Gasteiger partial charge >= 0.3 is 0 Å². The molecule has 2 N–H and O–H groups in total. The third-order valence-electron chi connectivity index (χ3n) is 2.88. The van der Waals surface area contributed by atoms with Crippen LogP contribution in [0.2, 0.25) is 0 Å². The van der Waals surface area contributed by atoms with Crippen LogP contribution in [0.25, 0.3) is 0 Å². The van der Waals surface area contributed by atoms with E-state index in [1.54, 1.807) is 6.20 Å². The molecule has 0 bridgehead atoms. The van der Waals surface area contributed by atoms with Gasteiger partial charge in [0.2, 0.25) is 0 Å². The van der Waals surface area contributed by atoms with Crippen molar-refractivity contribution in [2.75, 3.05) is 13.1 Å². The highest BCUT2D eigenvalue weighted by Crippen LogP contribution is 2.20. The summed E-state index contributed by atoms with van der Waals surface area (Å²) in [5.74, 6) is 0. The van der Waals surface area contributed by atoms with E-state index in [0.717, 1.165) is 25.1 Å². The van der Waals surface area contributed by atoms with E-state index in [4.69, 9.17) is 0 Å². The summed E-state index contributed by atoms with van der Waals surface area (Å²) in [4.78, 5) is 0. The lowest BCUT2D eigenvalue weighted by Gasteiger charge is -2.32. The summed E-state index contributed by atoms with van der Waals surface area (Å²) < 4.78 is 1.83. The summed E-state index contributed by atoms with van der Waals surface area (Å²) in [6.45, 7) is 1.71. The number of rotatable bonds is 2. The lowest BCUT2D eigenvalue weighted by molar-refractivity contribution is 0.0153. The van der Waals surface area contributed by atoms with Crippen LogP contribution in [-0.2, 0) is 13.5 Å². The lowest BCUT2D eigenvalue weighted by atomic mass is 9.89. The Labute approximate surface area is 83.9 Å². The second kappa shape index (κ2) is 3.71. The van der Waals surface area contributed by atoms with Gasteiger partial charge < -0.3 is 10.4 Å². The van der Waals surface area contributed by atoms with Gasteiger partial charge in [-0.25, -0.2) is 0 Å². The van der Waals surface area contributed by atoms with Crippen molar-refractivity contribution in [3.63, 3.8) is 0 Å². The van der Waals surface area contributed by atoms with Crippen LogP contribution in [0.1, 0.15) is 18.5 Å². The predicted octanol–water partition coefficient (Wildman–Crippen LogP) is 0.0771. The first kappa shape index (κ1) is 9.68. The highest BCUT2D eigenvalue weighted by molar-refractivity contribution is 5.06. The second-order valence-corrected chi connectivity index (χ2v) is 4.13. The fourth-order valence-corrected chi connectivity index (χ4v) is 2.01. The molecule has 2 heterocycles. The Morgan fingerprint density at radius 2 is 2.57 bits per heavy atom. The van der Waals surface area contributed by atoms with Crippen LogP contribution >= 0.6 is 0 Å². The number of piperidine rings is 1. The van der Waals surface area contributed by atoms with Gasteiger partial charge in [0.05, 0.1) is 5.60 Å². The number of nitrogens with zero attached hydrogens (tertiary/aromatic N) is 2. The number of hydrogen-bond acceptors (Lipinski definition) is 3. The summed E-state index contributed by atoms with van der Waals surface area (Å²) in [6.07, 6.45) is 4.39. The van der Waals surface area contributed by atoms with Crippen LogP contribution in [0.5, 0.6) is 0 Å². The van der Waals surface area contributed by atoms with E-state index in [2.05, 4.69) is 10.4 Å². The van der Waals surface area contributed by atoms with E-state index in [0.29, 0.717) is 13.0 Å². The molecule has 0 aliphatic carbocycles. The zero-order valence-corrected chi connectivity index (χ0v) is 8.53. The molecule has 0 amide bonds. The Balaban J connectivity index is 2.05. The lowest BCUT2D eigenvalue weighted by Crippen LogP contribution is -2.47. The van der Waals surface area contributed by atoms with Gasteiger partial charge in [0.15, 0.2) is 0 Å². The third kappa shape index (κ3) is 1.96. The highest BCUT2D eigenvalue weighted by Gasteiger charge is 2.30. The molecule has 4 nitrogen and oxygen atoms in total. The number of β-amino-alcohol motifs (C(OH)–C–C–N with tert-alkyl or cyclic N) is 1. The third-order valence-corrected chi connectivity index (χ3v) is 2.88. The topological polar surface area (TPSA) is 50.1 Å². The number of aliphatic hydroxyl groups is 1. The van der Waals surface area contributed by atoms with Crippen molar-refractivity contribution in [1.82, 2.24) is 15.1 Å². The molecule has 1 aromatic rings. The maximum atomic E-state index is 10.3. The SMILES string of the molecule is Cn1nccc1CC1(O)CCCNC1. The standard InChI is InChI=1S/C10H17N3O/c1-13-9(3-6-12-13)7-10(14)4-2-5-11-8-10/h3,6,11,14H,2,4-5,7-8H2,1H3. The van der Waals surface area contributed by atoms with Gasteiger partial charge in [-0.3, -0.25) is 4.68 Å². The van der Waals surface area contributed by atoms with Crippen molar-refractivity contribution in [2.24, 2.45) is 7.05 Å². The summed E-state index contributed by atoms with van der Waals surface area (Å²) >= 11 is 0. The molecule has 1 saturated heterocycles. The van der Waals surface area contributed by atoms with E-state index in [-0.39, 0.29) is 0 Å². The molecule has 14 heavy (non-hydrogen) atoms. The maximum Gasteiger partial charge on any atom is 0.0827 e. The van der Waals surface area contributed by atoms with Gasteiger partial charge in [0.1, 0.15) is 0 Å². The van der Waals surface area contributed by atoms with Crippen LogP contribution in [0.4, 0.5) is 0 Å². The van der Waals surface area contributed by atoms with E-state index in [1.807, 2.05) is 17.8 Å². The van der Waals surface area contributed by atoms with Gasteiger partial charge in [0.25, 0.3) is 0 Å². The maximum absolute atomic E-state index is 10.3. The minimum atomic E-state index is -0.577. The quantitative estimate of drug-likeness (QED) is 0.702. The number of aryl methyl sites for hydroxylation is 1. The van der Waals surface area contributed by atoms with Crippen molar-refractivity contribution in [3.8, 4) is 0 Å². The summed E-state index contributed by atoms with van der Waals surface area (Å²) in [5, 5.41) is 17.6. The minimum absolute atomic E-state index is 0.577. The Morgan fingerprint density at radius 1 is 1.71 bits per heavy atom. The molecule has 2 rings (SSSR count). The predicted molar refractivity (Wildman–Crippen MR) is 54.0 cm³/mol. The summed E-state index contributed by atoms with van der Waals surface area (Å²) in [7, 11) is 1.91. The van der Waals surface area contributed by atoms with Crippen molar-refractivity contribution < 1.29 is 5.11 Å². The van der Waals surface area contributed by atoms with Gasteiger partial charge in [-0.15, -0.1) is 0 Å². The van der Waals surface area contributed by atoms with Crippen molar-refractivity contribution in [2.45, 2.75) is 24.9 Å². The van der Waals surface area contributed by atoms with E-state index in [9.17, 15) is 5.11 Å². The zero-order chi connectivity index (χ0) is 10.0. The van der Waals surface area contributed by atoms with Gasteiger partial charge in [-0.2, -0.15) is 5.10 Å². The Hall–Kier alpha value is -0.870. The van der Waals surface area contributed by atoms with Gasteiger partial charge in [0, 0.05) is 31.9 Å². The van der Waals surface area contributed by atoms with Crippen molar-refractivity contribution in [1.29, 1.82) is 0 Å². The van der Waals surface area contributed by atoms with Gasteiger partial charge in [-0.05, 0) is 25.5 Å². The van der Waals surface area contributed by atoms with Gasteiger partial charge in [-0.1, -0.05) is 0 Å². The van der Waals surface area contributed by atoms with Crippen LogP contribution in [-0.4, -0.2) is 33.6 Å². The van der Waals surface area contributed by atoms with Crippen LogP contribution < -0.4 is 5.32 Å². The normalized spacial score (nSPS) is 27.9. The molecule has 1 atom stereocenters. The molecule has 1 unspecified atom stereocenters. The van der Waals surface area contributed by atoms with Crippen LogP contribution in [0, 0.1) is 0 Å². The molecule has 0 spiro atoms. The van der Waals surface area contributed by atoms with E-state index in [1.165, 1.54) is 0 Å². The molecule has 1 aliphatic heterocycles. The first-order valence-corrected chi connectivity index (χ1v) is 5.10. The Morgan fingerprint density at radius 3 is 3.14 bits per heavy atom. The first-order chi connectivity index (χ1) is 6.70. The largest absolute Gasteiger partial charge is 0.388 e. The smallest absolute Gasteiger partial charge is 0.0827 e. The Bertz CT molecular complexity index is 302. The van der Waals surface area contributed by atoms with Crippen molar-refractivity contribution in [3.05, 3.63) is 18.0 Å². The summed E-state index contributed by atoms with van der Waals surface area (Å²) in [5.41, 5.74) is 0.516. The Kier molecular flexibility index (Phi) is 2.56. The molecule has 78 valence electrons. The van der Waals surface area contributed by atoms with E-state index >= 15 is 0 Å². The molecular formula is C10H17N3O. The van der Waals surface area contributed by atoms with E-state index < -0.39 is 5.60 Å². The molecule has 0 aromatic carbocycles. The average Bonchev–Trinajstić information content (AvgIpc) is 2.52. The average molecular weight is 195 g/mol. The van der Waals surface area contributed by atoms with Crippen LogP contribution in [0.15, 0.2) is 12.3 Å². The zero-order valence-electron chi connectivity index (χ0n) is 8.53. The minimum Gasteiger partial charge on any atom is -0.388 e. The first-order valence-electron chi connectivity index (χ1n) is 5.10.